The lowest BCUT2D eigenvalue weighted by Crippen LogP contribution is -2.05. The van der Waals surface area contributed by atoms with E-state index in [1.165, 1.54) is 13.2 Å². The van der Waals surface area contributed by atoms with Gasteiger partial charge in [-0.2, -0.15) is 0 Å². The molecule has 1 rings (SSSR count). The molecule has 14 heavy (non-hydrogen) atoms. The van der Waals surface area contributed by atoms with Gasteiger partial charge < -0.3 is 10.5 Å². The average molecular weight is 196 g/mol. The molecule has 0 aromatic heterocycles. The van der Waals surface area contributed by atoms with Gasteiger partial charge in [0.05, 0.1) is 17.6 Å². The zero-order chi connectivity index (χ0) is 10.7. The summed E-state index contributed by atoms with van der Waals surface area (Å²) in [6.07, 6.45) is 0. The smallest absolute Gasteiger partial charge is 0.277 e. The molecule has 0 aliphatic rings. The van der Waals surface area contributed by atoms with Crippen LogP contribution < -0.4 is 10.5 Å². The molecule has 0 amide bonds. The van der Waals surface area contributed by atoms with Crippen molar-refractivity contribution in [1.82, 2.24) is 0 Å². The largest absolute Gasteiger partial charge is 0.496 e. The number of benzene rings is 1. The van der Waals surface area contributed by atoms with Crippen molar-refractivity contribution in [2.24, 2.45) is 5.73 Å². The summed E-state index contributed by atoms with van der Waals surface area (Å²) in [4.78, 5) is 10.2. The normalized spacial score (nSPS) is 9.93. The summed E-state index contributed by atoms with van der Waals surface area (Å²) < 4.78 is 5.02. The van der Waals surface area contributed by atoms with Gasteiger partial charge >= 0.3 is 0 Å². The number of hydrogen-bond donors (Lipinski definition) is 1. The molecule has 0 heterocycles. The lowest BCUT2D eigenvalue weighted by Gasteiger charge is -2.07. The van der Waals surface area contributed by atoms with E-state index in [-0.39, 0.29) is 12.2 Å². The number of nitrogens with two attached hydrogens (primary N) is 1. The molecule has 76 valence electrons. The van der Waals surface area contributed by atoms with Crippen LogP contribution in [0.1, 0.15) is 11.1 Å². The highest BCUT2D eigenvalue weighted by Crippen LogP contribution is 2.29. The highest BCUT2D eigenvalue weighted by Gasteiger charge is 2.17. The molecule has 0 aliphatic carbocycles. The molecule has 0 saturated carbocycles. The van der Waals surface area contributed by atoms with E-state index in [2.05, 4.69) is 0 Å². The Hall–Kier alpha value is -1.62. The molecule has 5 heteroatoms. The Labute approximate surface area is 81.6 Å². The number of ether oxygens (including phenoxy) is 1. The van der Waals surface area contributed by atoms with E-state index in [0.29, 0.717) is 11.3 Å². The number of rotatable bonds is 3. The van der Waals surface area contributed by atoms with Gasteiger partial charge in [0.15, 0.2) is 0 Å². The summed E-state index contributed by atoms with van der Waals surface area (Å²) in [5, 5.41) is 10.7. The van der Waals surface area contributed by atoms with E-state index in [9.17, 15) is 10.1 Å². The van der Waals surface area contributed by atoms with Crippen LogP contribution in [0.4, 0.5) is 5.69 Å². The molecule has 0 fully saturated rings. The topological polar surface area (TPSA) is 78.4 Å². The monoisotopic (exact) mass is 196 g/mol. The van der Waals surface area contributed by atoms with E-state index in [0.717, 1.165) is 5.56 Å². The predicted octanol–water partition coefficient (Wildman–Crippen LogP) is 1.37. The van der Waals surface area contributed by atoms with Gasteiger partial charge in [-0.1, -0.05) is 0 Å². The Bertz CT molecular complexity index is 363. The third-order valence-electron chi connectivity index (χ3n) is 1.95. The molecule has 0 aliphatic heterocycles. The first-order valence-electron chi connectivity index (χ1n) is 4.12. The molecule has 0 unspecified atom stereocenters. The van der Waals surface area contributed by atoms with E-state index in [1.54, 1.807) is 13.0 Å². The summed E-state index contributed by atoms with van der Waals surface area (Å²) in [7, 11) is 1.47. The molecule has 0 atom stereocenters. The zero-order valence-corrected chi connectivity index (χ0v) is 8.11. The molecule has 0 spiro atoms. The number of nitro benzene ring substituents is 1. The van der Waals surface area contributed by atoms with Crippen molar-refractivity contribution < 1.29 is 9.66 Å². The number of aryl methyl sites for hydroxylation is 1. The standard InChI is InChI=1S/C9H12N2O3/c1-6-3-8(11(12)13)7(5-10)9(4-6)14-2/h3-4H,5,10H2,1-2H3. The zero-order valence-electron chi connectivity index (χ0n) is 8.11. The second-order valence-electron chi connectivity index (χ2n) is 2.93. The van der Waals surface area contributed by atoms with Crippen LogP contribution >= 0.6 is 0 Å². The summed E-state index contributed by atoms with van der Waals surface area (Å²) in [5.41, 5.74) is 6.66. The minimum absolute atomic E-state index is 0.0179. The van der Waals surface area contributed by atoms with Crippen LogP contribution in [0, 0.1) is 17.0 Å². The Morgan fingerprint density at radius 2 is 2.21 bits per heavy atom. The van der Waals surface area contributed by atoms with Crippen LogP contribution in [0.3, 0.4) is 0 Å². The van der Waals surface area contributed by atoms with Gasteiger partial charge in [0.2, 0.25) is 0 Å². The Morgan fingerprint density at radius 3 is 2.64 bits per heavy atom. The average Bonchev–Trinajstić information content (AvgIpc) is 2.16. The van der Waals surface area contributed by atoms with E-state index in [1.807, 2.05) is 0 Å². The van der Waals surface area contributed by atoms with Crippen molar-refractivity contribution in [1.29, 1.82) is 0 Å². The van der Waals surface area contributed by atoms with Crippen molar-refractivity contribution in [3.63, 3.8) is 0 Å². The van der Waals surface area contributed by atoms with Crippen molar-refractivity contribution in [3.8, 4) is 5.75 Å². The second-order valence-corrected chi connectivity index (χ2v) is 2.93. The molecule has 1 aromatic rings. The first kappa shape index (κ1) is 10.5. The van der Waals surface area contributed by atoms with Gasteiger partial charge in [0.25, 0.3) is 5.69 Å². The summed E-state index contributed by atoms with van der Waals surface area (Å²) >= 11 is 0. The van der Waals surface area contributed by atoms with E-state index >= 15 is 0 Å². The van der Waals surface area contributed by atoms with Crippen LogP contribution in [0.25, 0.3) is 0 Å². The third-order valence-corrected chi connectivity index (χ3v) is 1.95. The number of hydrogen-bond acceptors (Lipinski definition) is 4. The summed E-state index contributed by atoms with van der Waals surface area (Å²) in [6.45, 7) is 1.87. The highest BCUT2D eigenvalue weighted by atomic mass is 16.6. The number of nitro groups is 1. The van der Waals surface area contributed by atoms with Crippen molar-refractivity contribution >= 4 is 5.69 Å². The van der Waals surface area contributed by atoms with Gasteiger partial charge in [-0.3, -0.25) is 10.1 Å². The van der Waals surface area contributed by atoms with Crippen LogP contribution in [-0.4, -0.2) is 12.0 Å². The lowest BCUT2D eigenvalue weighted by atomic mass is 10.1. The molecule has 5 nitrogen and oxygen atoms in total. The van der Waals surface area contributed by atoms with Crippen molar-refractivity contribution in [2.75, 3.05) is 7.11 Å². The maximum atomic E-state index is 10.7. The van der Waals surface area contributed by atoms with E-state index in [4.69, 9.17) is 10.5 Å². The van der Waals surface area contributed by atoms with Crippen molar-refractivity contribution in [2.45, 2.75) is 13.5 Å². The molecular weight excluding hydrogens is 184 g/mol. The van der Waals surface area contributed by atoms with Crippen LogP contribution in [0.5, 0.6) is 5.75 Å². The van der Waals surface area contributed by atoms with Gasteiger partial charge in [0.1, 0.15) is 5.75 Å². The SMILES string of the molecule is COc1cc(C)cc([N+](=O)[O-])c1CN. The second kappa shape index (κ2) is 4.06. The maximum Gasteiger partial charge on any atom is 0.277 e. The fourth-order valence-electron chi connectivity index (χ4n) is 1.31. The minimum atomic E-state index is -0.447. The molecular formula is C9H12N2O3. The van der Waals surface area contributed by atoms with Crippen molar-refractivity contribution in [3.05, 3.63) is 33.4 Å². The van der Waals surface area contributed by atoms with Gasteiger partial charge in [-0.25, -0.2) is 0 Å². The third kappa shape index (κ3) is 1.82. The van der Waals surface area contributed by atoms with Gasteiger partial charge in [-0.05, 0) is 18.6 Å². The molecule has 2 N–H and O–H groups in total. The fourth-order valence-corrected chi connectivity index (χ4v) is 1.31. The molecule has 1 aromatic carbocycles. The van der Waals surface area contributed by atoms with Crippen LogP contribution in [0.2, 0.25) is 0 Å². The maximum absolute atomic E-state index is 10.7. The van der Waals surface area contributed by atoms with Crippen LogP contribution in [0.15, 0.2) is 12.1 Å². The quantitative estimate of drug-likeness (QED) is 0.585. The Balaban J connectivity index is 3.39. The predicted molar refractivity (Wildman–Crippen MR) is 52.3 cm³/mol. The Kier molecular flexibility index (Phi) is 3.03. The highest BCUT2D eigenvalue weighted by molar-refractivity contribution is 5.52. The Morgan fingerprint density at radius 1 is 1.57 bits per heavy atom. The first-order chi connectivity index (χ1) is 6.60. The van der Waals surface area contributed by atoms with Crippen LogP contribution in [-0.2, 0) is 6.54 Å². The first-order valence-corrected chi connectivity index (χ1v) is 4.12. The number of methoxy groups -OCH3 is 1. The lowest BCUT2D eigenvalue weighted by molar-refractivity contribution is -0.385. The fraction of sp³-hybridized carbons (Fsp3) is 0.333. The summed E-state index contributed by atoms with van der Waals surface area (Å²) in [6, 6.07) is 3.22. The molecule has 0 radical (unpaired) electrons. The molecule has 0 bridgehead atoms. The number of nitrogens with zero attached hydrogens (tertiary/aromatic N) is 1. The van der Waals surface area contributed by atoms with Gasteiger partial charge in [-0.15, -0.1) is 0 Å². The minimum Gasteiger partial charge on any atom is -0.496 e. The summed E-state index contributed by atoms with van der Waals surface area (Å²) in [5.74, 6) is 0.471. The van der Waals surface area contributed by atoms with E-state index < -0.39 is 4.92 Å². The molecule has 0 saturated heterocycles. The van der Waals surface area contributed by atoms with Gasteiger partial charge in [0, 0.05) is 12.6 Å².